The number of benzene rings is 2. The molecule has 0 radical (unpaired) electrons. The summed E-state index contributed by atoms with van der Waals surface area (Å²) in [6.45, 7) is 6.85. The van der Waals surface area contributed by atoms with Gasteiger partial charge in [0.15, 0.2) is 11.5 Å². The molecule has 1 N–H and O–H groups in total. The summed E-state index contributed by atoms with van der Waals surface area (Å²) in [6.07, 6.45) is 1.59. The molecule has 25 heavy (non-hydrogen) atoms. The highest BCUT2D eigenvalue weighted by Crippen LogP contribution is 2.33. The Kier molecular flexibility index (Phi) is 7.24. The Hall–Kier alpha value is -2.09. The summed E-state index contributed by atoms with van der Waals surface area (Å²) in [4.78, 5) is 12.2. The Labute approximate surface area is 161 Å². The zero-order chi connectivity index (χ0) is 18.2. The van der Waals surface area contributed by atoms with E-state index in [1.165, 1.54) is 0 Å². The molecule has 0 aliphatic carbocycles. The number of hydrazone groups is 1. The average molecular weight is 452 g/mol. The fraction of sp³-hybridized carbons (Fsp3) is 0.263. The molecule has 2 aromatic rings. The molecular formula is C19H21IN2O3. The number of rotatable bonds is 7. The highest BCUT2D eigenvalue weighted by Gasteiger charge is 2.11. The van der Waals surface area contributed by atoms with Crippen molar-refractivity contribution in [3.63, 3.8) is 0 Å². The van der Waals surface area contributed by atoms with Crippen molar-refractivity contribution < 1.29 is 14.3 Å². The SMILES string of the molecule is CCOc1cc(/C=N\NC(=O)c2ccccc2C)cc(I)c1OCC. The van der Waals surface area contributed by atoms with Gasteiger partial charge in [-0.2, -0.15) is 5.10 Å². The molecule has 5 nitrogen and oxygen atoms in total. The van der Waals surface area contributed by atoms with Gasteiger partial charge in [-0.25, -0.2) is 5.43 Å². The molecule has 0 saturated heterocycles. The minimum Gasteiger partial charge on any atom is -0.490 e. The van der Waals surface area contributed by atoms with Crippen molar-refractivity contribution in [3.05, 3.63) is 56.7 Å². The molecule has 0 fully saturated rings. The Morgan fingerprint density at radius 2 is 1.92 bits per heavy atom. The van der Waals surface area contributed by atoms with Crippen molar-refractivity contribution in [2.24, 2.45) is 5.10 Å². The lowest BCUT2D eigenvalue weighted by molar-refractivity contribution is 0.0954. The van der Waals surface area contributed by atoms with Gasteiger partial charge in [0, 0.05) is 5.56 Å². The van der Waals surface area contributed by atoms with Gasteiger partial charge in [-0.3, -0.25) is 4.79 Å². The fourth-order valence-corrected chi connectivity index (χ4v) is 3.04. The van der Waals surface area contributed by atoms with Crippen LogP contribution in [-0.2, 0) is 0 Å². The van der Waals surface area contributed by atoms with Crippen LogP contribution in [0.5, 0.6) is 11.5 Å². The van der Waals surface area contributed by atoms with E-state index in [1.807, 2.05) is 51.1 Å². The number of nitrogens with zero attached hydrogens (tertiary/aromatic N) is 1. The van der Waals surface area contributed by atoms with Crippen LogP contribution in [0.2, 0.25) is 0 Å². The predicted octanol–water partition coefficient (Wildman–Crippen LogP) is 4.16. The Balaban J connectivity index is 2.15. The molecule has 132 valence electrons. The quantitative estimate of drug-likeness (QED) is 0.390. The van der Waals surface area contributed by atoms with Crippen LogP contribution in [0, 0.1) is 10.5 Å². The van der Waals surface area contributed by atoms with Crippen LogP contribution >= 0.6 is 22.6 Å². The van der Waals surface area contributed by atoms with Gasteiger partial charge < -0.3 is 9.47 Å². The van der Waals surface area contributed by atoms with E-state index in [0.29, 0.717) is 24.5 Å². The molecule has 0 aliphatic rings. The van der Waals surface area contributed by atoms with Crippen molar-refractivity contribution in [2.45, 2.75) is 20.8 Å². The van der Waals surface area contributed by atoms with E-state index in [1.54, 1.807) is 12.3 Å². The zero-order valence-corrected chi connectivity index (χ0v) is 16.7. The molecule has 2 aromatic carbocycles. The van der Waals surface area contributed by atoms with E-state index in [2.05, 4.69) is 33.1 Å². The molecule has 0 aromatic heterocycles. The van der Waals surface area contributed by atoms with Gasteiger partial charge in [-0.05, 0) is 72.7 Å². The number of nitrogens with one attached hydrogen (secondary N) is 1. The summed E-state index contributed by atoms with van der Waals surface area (Å²) >= 11 is 2.20. The normalized spacial score (nSPS) is 10.7. The van der Waals surface area contributed by atoms with Crippen LogP contribution in [0.3, 0.4) is 0 Å². The topological polar surface area (TPSA) is 59.9 Å². The number of ether oxygens (including phenoxy) is 2. The number of amides is 1. The fourth-order valence-electron chi connectivity index (χ4n) is 2.26. The van der Waals surface area contributed by atoms with E-state index >= 15 is 0 Å². The second-order valence-electron chi connectivity index (χ2n) is 5.21. The number of hydrogen-bond acceptors (Lipinski definition) is 4. The van der Waals surface area contributed by atoms with Gasteiger partial charge in [0.05, 0.1) is 23.0 Å². The Bertz CT molecular complexity index is 775. The molecule has 0 bridgehead atoms. The number of aryl methyl sites for hydroxylation is 1. The van der Waals surface area contributed by atoms with E-state index in [9.17, 15) is 4.79 Å². The molecule has 0 spiro atoms. The smallest absolute Gasteiger partial charge is 0.271 e. The molecule has 0 atom stereocenters. The average Bonchev–Trinajstić information content (AvgIpc) is 2.58. The van der Waals surface area contributed by atoms with Gasteiger partial charge >= 0.3 is 0 Å². The first-order valence-corrected chi connectivity index (χ1v) is 9.12. The van der Waals surface area contributed by atoms with E-state index in [-0.39, 0.29) is 5.91 Å². The monoisotopic (exact) mass is 452 g/mol. The van der Waals surface area contributed by atoms with Crippen LogP contribution in [0.15, 0.2) is 41.5 Å². The lowest BCUT2D eigenvalue weighted by Crippen LogP contribution is -2.18. The number of carbonyl (C=O) groups excluding carboxylic acids is 1. The molecule has 0 unspecified atom stereocenters. The number of hydrogen-bond donors (Lipinski definition) is 1. The van der Waals surface area contributed by atoms with Crippen LogP contribution < -0.4 is 14.9 Å². The van der Waals surface area contributed by atoms with Crippen LogP contribution in [0.4, 0.5) is 0 Å². The van der Waals surface area contributed by atoms with Crippen molar-refractivity contribution in [1.82, 2.24) is 5.43 Å². The van der Waals surface area contributed by atoms with Crippen LogP contribution in [0.25, 0.3) is 0 Å². The largest absolute Gasteiger partial charge is 0.490 e. The van der Waals surface area contributed by atoms with Crippen molar-refractivity contribution in [1.29, 1.82) is 0 Å². The number of halogens is 1. The summed E-state index contributed by atoms with van der Waals surface area (Å²) < 4.78 is 12.2. The molecule has 0 saturated carbocycles. The number of carbonyl (C=O) groups is 1. The second kappa shape index (κ2) is 9.41. The summed E-state index contributed by atoms with van der Waals surface area (Å²) in [6, 6.07) is 11.2. The molecular weight excluding hydrogens is 431 g/mol. The van der Waals surface area contributed by atoms with Gasteiger partial charge in [0.1, 0.15) is 0 Å². The molecule has 6 heteroatoms. The summed E-state index contributed by atoms with van der Waals surface area (Å²) in [7, 11) is 0. The first-order valence-electron chi connectivity index (χ1n) is 8.05. The Morgan fingerprint density at radius 1 is 1.20 bits per heavy atom. The summed E-state index contributed by atoms with van der Waals surface area (Å²) in [5.74, 6) is 1.16. The van der Waals surface area contributed by atoms with E-state index in [0.717, 1.165) is 20.4 Å². The van der Waals surface area contributed by atoms with Gasteiger partial charge in [-0.15, -0.1) is 0 Å². The molecule has 0 aliphatic heterocycles. The third-order valence-electron chi connectivity index (χ3n) is 3.39. The summed E-state index contributed by atoms with van der Waals surface area (Å²) in [5.41, 5.74) is 4.89. The second-order valence-corrected chi connectivity index (χ2v) is 6.37. The first kappa shape index (κ1) is 19.2. The van der Waals surface area contributed by atoms with Gasteiger partial charge in [-0.1, -0.05) is 18.2 Å². The third-order valence-corrected chi connectivity index (χ3v) is 4.19. The van der Waals surface area contributed by atoms with Crippen molar-refractivity contribution in [3.8, 4) is 11.5 Å². The maximum Gasteiger partial charge on any atom is 0.271 e. The Morgan fingerprint density at radius 3 is 2.60 bits per heavy atom. The van der Waals surface area contributed by atoms with Crippen LogP contribution in [0.1, 0.15) is 35.3 Å². The van der Waals surface area contributed by atoms with Gasteiger partial charge in [0.25, 0.3) is 5.91 Å². The van der Waals surface area contributed by atoms with Crippen molar-refractivity contribution in [2.75, 3.05) is 13.2 Å². The molecule has 2 rings (SSSR count). The lowest BCUT2D eigenvalue weighted by Gasteiger charge is -2.13. The lowest BCUT2D eigenvalue weighted by atomic mass is 10.1. The maximum absolute atomic E-state index is 12.2. The first-order chi connectivity index (χ1) is 12.1. The highest BCUT2D eigenvalue weighted by molar-refractivity contribution is 14.1. The van der Waals surface area contributed by atoms with E-state index < -0.39 is 0 Å². The molecule has 1 amide bonds. The maximum atomic E-state index is 12.2. The zero-order valence-electron chi connectivity index (χ0n) is 14.5. The van der Waals surface area contributed by atoms with Gasteiger partial charge in [0.2, 0.25) is 0 Å². The van der Waals surface area contributed by atoms with Crippen LogP contribution in [-0.4, -0.2) is 25.3 Å². The minimum atomic E-state index is -0.236. The minimum absolute atomic E-state index is 0.236. The predicted molar refractivity (Wildman–Crippen MR) is 108 cm³/mol. The summed E-state index contributed by atoms with van der Waals surface area (Å²) in [5, 5.41) is 4.05. The highest BCUT2D eigenvalue weighted by atomic mass is 127. The standard InChI is InChI=1S/C19H21IN2O3/c1-4-24-17-11-14(10-16(20)18(17)25-5-2)12-21-22-19(23)15-9-7-6-8-13(15)3/h6-12H,4-5H2,1-3H3,(H,22,23)/b21-12-. The van der Waals surface area contributed by atoms with Crippen molar-refractivity contribution >= 4 is 34.7 Å². The third kappa shape index (κ3) is 5.19. The van der Waals surface area contributed by atoms with E-state index in [4.69, 9.17) is 9.47 Å². The molecule has 0 heterocycles.